The summed E-state index contributed by atoms with van der Waals surface area (Å²) in [5.41, 5.74) is -3.60. The van der Waals surface area contributed by atoms with E-state index in [-0.39, 0.29) is 11.5 Å². The van der Waals surface area contributed by atoms with Gasteiger partial charge in [0.25, 0.3) is 5.91 Å². The van der Waals surface area contributed by atoms with Gasteiger partial charge in [-0.3, -0.25) is 4.79 Å². The van der Waals surface area contributed by atoms with Gasteiger partial charge in [0.2, 0.25) is 11.7 Å². The molecule has 0 saturated heterocycles. The second-order valence-electron chi connectivity index (χ2n) is 6.46. The first kappa shape index (κ1) is 10.3. The molecule has 2 aromatic heterocycles. The number of hydrogen-bond donors (Lipinski definition) is 3. The number of fused-ring (bicyclic) bond motifs is 1. The Kier molecular flexibility index (Phi) is 2.69. The van der Waals surface area contributed by atoms with Crippen LogP contribution in [0.4, 0.5) is 33.5 Å². The molecular formula is C22H23FN6O5. The van der Waals surface area contributed by atoms with Crippen LogP contribution in [-0.4, -0.2) is 47.6 Å². The number of nitrogens with one attached hydrogen (secondary N) is 3. The highest BCUT2D eigenvalue weighted by molar-refractivity contribution is 5.99. The molecule has 0 saturated carbocycles. The maximum Gasteiger partial charge on any atom is 0.269 e. The molecule has 1 amide bonds. The molecule has 1 aliphatic heterocycles. The highest BCUT2D eigenvalue weighted by Crippen LogP contribution is 2.40. The SMILES string of the molecule is [2H]c1nc(Nc2cc(OC([2H])([2H])[2H])c(OC([2H])([2H])[2H])c(OC([2H])([2H])[2H])c2)nc(Nc2ccc3c(n2)NC(=O)C(C([2H])([2H])[2H])(C([2H])([2H])[2H])O3)c1F. The Hall–Kier alpha value is -4.35. The van der Waals surface area contributed by atoms with Gasteiger partial charge < -0.3 is 34.9 Å². The van der Waals surface area contributed by atoms with Gasteiger partial charge in [-0.1, -0.05) is 0 Å². The van der Waals surface area contributed by atoms with E-state index in [0.29, 0.717) is 0 Å². The first-order valence-corrected chi connectivity index (χ1v) is 8.93. The van der Waals surface area contributed by atoms with Crippen LogP contribution < -0.4 is 34.9 Å². The fraction of sp³-hybridized carbons (Fsp3) is 0.273. The van der Waals surface area contributed by atoms with Gasteiger partial charge in [-0.25, -0.2) is 14.4 Å². The highest BCUT2D eigenvalue weighted by Gasteiger charge is 2.36. The van der Waals surface area contributed by atoms with E-state index in [9.17, 15) is 9.18 Å². The lowest BCUT2D eigenvalue weighted by Gasteiger charge is -2.30. The Labute approximate surface area is 217 Å². The molecule has 0 fully saturated rings. The molecule has 0 atom stereocenters. The number of halogens is 1. The van der Waals surface area contributed by atoms with Crippen LogP contribution in [0, 0.1) is 5.82 Å². The molecule has 0 unspecified atom stereocenters. The summed E-state index contributed by atoms with van der Waals surface area (Å²) in [4.78, 5) is 24.2. The summed E-state index contributed by atoms with van der Waals surface area (Å²) < 4.78 is 155. The van der Waals surface area contributed by atoms with Gasteiger partial charge >= 0.3 is 0 Å². The van der Waals surface area contributed by atoms with E-state index in [1.807, 2.05) is 0 Å². The predicted octanol–water partition coefficient (Wildman–Crippen LogP) is 3.63. The molecule has 3 aromatic rings. The van der Waals surface area contributed by atoms with Crippen LogP contribution in [0.15, 0.2) is 30.4 Å². The predicted molar refractivity (Wildman–Crippen MR) is 122 cm³/mol. The minimum absolute atomic E-state index is 0.293. The van der Waals surface area contributed by atoms with E-state index in [0.717, 1.165) is 24.3 Å². The lowest BCUT2D eigenvalue weighted by atomic mass is 10.1. The molecule has 3 heterocycles. The molecule has 0 radical (unpaired) electrons. The zero-order chi connectivity index (χ0) is 37.8. The summed E-state index contributed by atoms with van der Waals surface area (Å²) in [6, 6.07) is 3.78. The number of rotatable bonds is 7. The minimum atomic E-state index is -3.45. The van der Waals surface area contributed by atoms with Gasteiger partial charge in [-0.05, 0) is 25.8 Å². The standard InChI is InChI=1S/C22H23FN6O5/c1-22(2)20(30)28-19-13(34-22)6-7-16(27-19)26-18-12(23)10-24-21(29-18)25-11-8-14(31-3)17(33-5)15(9-11)32-4/h6-10H,1-5H3,(H3,24,25,26,27,28,29,30)/i1D3,2D3,3D3,4D3,5D3,10D. The first-order valence-electron chi connectivity index (χ1n) is 16.9. The third-order valence-corrected chi connectivity index (χ3v) is 4.20. The summed E-state index contributed by atoms with van der Waals surface area (Å²) in [6.07, 6.45) is -1.03. The van der Waals surface area contributed by atoms with Crippen molar-refractivity contribution in [2.45, 2.75) is 19.3 Å². The van der Waals surface area contributed by atoms with Crippen molar-refractivity contribution in [3.8, 4) is 23.0 Å². The maximum absolute atomic E-state index is 15.0. The molecular weight excluding hydrogens is 447 g/mol. The molecule has 1 aliphatic rings. The Bertz CT molecular complexity index is 1740. The number of hydrogen-bond acceptors (Lipinski definition) is 10. The Morgan fingerprint density at radius 1 is 1.12 bits per heavy atom. The largest absolute Gasteiger partial charge is 0.493 e. The fourth-order valence-electron chi connectivity index (χ4n) is 2.72. The number of ether oxygens (including phenoxy) is 4. The van der Waals surface area contributed by atoms with Gasteiger partial charge in [0.15, 0.2) is 40.3 Å². The first-order chi connectivity index (χ1) is 22.6. The number of methoxy groups -OCH3 is 3. The van der Waals surface area contributed by atoms with E-state index < -0.39 is 98.9 Å². The minimum Gasteiger partial charge on any atom is -0.493 e. The third-order valence-electron chi connectivity index (χ3n) is 4.20. The lowest BCUT2D eigenvalue weighted by molar-refractivity contribution is -0.129. The molecule has 1 aromatic carbocycles. The molecule has 4 rings (SSSR count). The van der Waals surface area contributed by atoms with Gasteiger partial charge in [-0.15, -0.1) is 0 Å². The van der Waals surface area contributed by atoms with Crippen LogP contribution in [0.1, 0.15) is 35.6 Å². The van der Waals surface area contributed by atoms with Crippen molar-refractivity contribution in [3.05, 3.63) is 36.3 Å². The van der Waals surface area contributed by atoms with Crippen molar-refractivity contribution in [3.63, 3.8) is 0 Å². The van der Waals surface area contributed by atoms with Gasteiger partial charge in [0, 0.05) is 26.0 Å². The maximum atomic E-state index is 15.0. The molecule has 0 spiro atoms. The second kappa shape index (κ2) is 8.89. The van der Waals surface area contributed by atoms with E-state index >= 15 is 0 Å². The summed E-state index contributed by atoms with van der Waals surface area (Å²) in [6.45, 7) is -6.89. The zero-order valence-electron chi connectivity index (χ0n) is 32.6. The average molecular weight is 487 g/mol. The Balaban J connectivity index is 1.71. The third kappa shape index (κ3) is 4.42. The van der Waals surface area contributed by atoms with Crippen molar-refractivity contribution in [2.24, 2.45) is 0 Å². The quantitative estimate of drug-likeness (QED) is 0.455. The molecule has 34 heavy (non-hydrogen) atoms. The van der Waals surface area contributed by atoms with Crippen molar-refractivity contribution in [2.75, 3.05) is 37.1 Å². The highest BCUT2D eigenvalue weighted by atomic mass is 19.1. The van der Waals surface area contributed by atoms with Crippen LogP contribution >= 0.6 is 0 Å². The number of anilines is 5. The second-order valence-corrected chi connectivity index (χ2v) is 6.46. The molecule has 11 nitrogen and oxygen atoms in total. The van der Waals surface area contributed by atoms with Crippen LogP contribution in [0.25, 0.3) is 0 Å². The number of benzene rings is 1. The monoisotopic (exact) mass is 486 g/mol. The van der Waals surface area contributed by atoms with Gasteiger partial charge in [0.1, 0.15) is 5.82 Å². The molecule has 178 valence electrons. The van der Waals surface area contributed by atoms with Crippen molar-refractivity contribution in [1.82, 2.24) is 15.0 Å². The number of aromatic nitrogens is 3. The molecule has 0 bridgehead atoms. The van der Waals surface area contributed by atoms with Crippen molar-refractivity contribution in [1.29, 1.82) is 0 Å². The Morgan fingerprint density at radius 3 is 2.59 bits per heavy atom. The van der Waals surface area contributed by atoms with Crippen molar-refractivity contribution < 1.29 is 50.1 Å². The smallest absolute Gasteiger partial charge is 0.269 e. The molecule has 12 heteroatoms. The molecule has 3 N–H and O–H groups in total. The number of nitrogens with zero attached hydrogens (tertiary/aromatic N) is 3. The lowest BCUT2D eigenvalue weighted by Crippen LogP contribution is -2.46. The van der Waals surface area contributed by atoms with Crippen LogP contribution in [0.3, 0.4) is 0 Å². The van der Waals surface area contributed by atoms with Crippen LogP contribution in [0.2, 0.25) is 0 Å². The average Bonchev–Trinajstić information content (AvgIpc) is 2.89. The number of carbonyl (C=O) groups excluding carboxylic acids is 1. The normalized spacial score (nSPS) is 22.6. The van der Waals surface area contributed by atoms with E-state index in [4.69, 9.17) is 40.9 Å². The topological polar surface area (TPSA) is 129 Å². The van der Waals surface area contributed by atoms with E-state index in [1.165, 1.54) is 0 Å². The van der Waals surface area contributed by atoms with Crippen LogP contribution in [-0.2, 0) is 4.79 Å². The number of carbonyl (C=O) groups is 1. The fourth-order valence-corrected chi connectivity index (χ4v) is 2.72. The van der Waals surface area contributed by atoms with E-state index in [2.05, 4.69) is 30.9 Å². The number of amides is 1. The van der Waals surface area contributed by atoms with Gasteiger partial charge in [-0.2, -0.15) is 4.98 Å². The van der Waals surface area contributed by atoms with E-state index in [1.54, 1.807) is 0 Å². The van der Waals surface area contributed by atoms with Crippen molar-refractivity contribution >= 4 is 35.0 Å². The summed E-state index contributed by atoms with van der Waals surface area (Å²) in [5.74, 6) is -8.01. The van der Waals surface area contributed by atoms with Gasteiger partial charge in [0.05, 0.1) is 41.0 Å². The Morgan fingerprint density at radius 2 is 1.88 bits per heavy atom. The van der Waals surface area contributed by atoms with Crippen LogP contribution in [0.5, 0.6) is 23.0 Å². The summed E-state index contributed by atoms with van der Waals surface area (Å²) in [5, 5.41) is 6.92. The summed E-state index contributed by atoms with van der Waals surface area (Å²) in [7, 11) is -9.66. The molecule has 0 aliphatic carbocycles. The summed E-state index contributed by atoms with van der Waals surface area (Å²) >= 11 is 0. The number of pyridine rings is 1. The zero-order valence-corrected chi connectivity index (χ0v) is 16.6.